The highest BCUT2D eigenvalue weighted by molar-refractivity contribution is 5.35. The van der Waals surface area contributed by atoms with Crippen LogP contribution in [-0.4, -0.2) is 35.2 Å². The van der Waals surface area contributed by atoms with Crippen LogP contribution in [0.3, 0.4) is 0 Å². The Morgan fingerprint density at radius 2 is 1.89 bits per heavy atom. The second-order valence-corrected chi connectivity index (χ2v) is 4.41. The largest absolute Gasteiger partial charge is 0.464 e. The number of hydrogen-bond acceptors (Lipinski definition) is 6. The minimum absolute atomic E-state index is 0.350. The van der Waals surface area contributed by atoms with Gasteiger partial charge in [-0.1, -0.05) is 13.8 Å². The molecule has 0 radical (unpaired) electrons. The molecule has 0 aromatic carbocycles. The van der Waals surface area contributed by atoms with Gasteiger partial charge in [0.1, 0.15) is 0 Å². The molecule has 0 unspecified atom stereocenters. The molecule has 0 aliphatic heterocycles. The minimum atomic E-state index is 0.350. The topological polar surface area (TPSA) is 72.0 Å². The molecule has 0 amide bonds. The number of anilines is 2. The van der Waals surface area contributed by atoms with E-state index in [0.29, 0.717) is 24.5 Å². The Morgan fingerprint density at radius 1 is 1.17 bits per heavy atom. The summed E-state index contributed by atoms with van der Waals surface area (Å²) >= 11 is 0. The maximum absolute atomic E-state index is 5.29. The Hall–Kier alpha value is -1.59. The third-order valence-electron chi connectivity index (χ3n) is 2.35. The van der Waals surface area contributed by atoms with Gasteiger partial charge in [-0.2, -0.15) is 15.0 Å². The van der Waals surface area contributed by atoms with Gasteiger partial charge in [0, 0.05) is 13.6 Å². The highest BCUT2D eigenvalue weighted by atomic mass is 16.5. The zero-order valence-electron chi connectivity index (χ0n) is 11.7. The van der Waals surface area contributed by atoms with E-state index in [2.05, 4.69) is 39.4 Å². The molecule has 18 heavy (non-hydrogen) atoms. The lowest BCUT2D eigenvalue weighted by atomic mass is 10.1. The highest BCUT2D eigenvalue weighted by Crippen LogP contribution is 2.11. The summed E-state index contributed by atoms with van der Waals surface area (Å²) in [5, 5.41) is 6.08. The molecule has 6 heteroatoms. The molecule has 0 aliphatic carbocycles. The van der Waals surface area contributed by atoms with E-state index < -0.39 is 0 Å². The van der Waals surface area contributed by atoms with Crippen molar-refractivity contribution in [2.24, 2.45) is 5.92 Å². The van der Waals surface area contributed by atoms with Crippen LogP contribution in [0.1, 0.15) is 33.6 Å². The number of nitrogens with one attached hydrogen (secondary N) is 2. The summed E-state index contributed by atoms with van der Waals surface area (Å²) in [7, 11) is 1.77. The van der Waals surface area contributed by atoms with E-state index in [1.54, 1.807) is 7.05 Å². The van der Waals surface area contributed by atoms with Gasteiger partial charge in [-0.05, 0) is 25.7 Å². The van der Waals surface area contributed by atoms with Gasteiger partial charge in [-0.3, -0.25) is 0 Å². The molecule has 1 rings (SSSR count). The second-order valence-electron chi connectivity index (χ2n) is 4.41. The molecule has 0 bridgehead atoms. The minimum Gasteiger partial charge on any atom is -0.464 e. The highest BCUT2D eigenvalue weighted by Gasteiger charge is 2.05. The van der Waals surface area contributed by atoms with Gasteiger partial charge in [0.15, 0.2) is 0 Å². The molecule has 102 valence electrons. The number of rotatable bonds is 8. The molecule has 0 spiro atoms. The molecule has 0 fully saturated rings. The first-order chi connectivity index (χ1) is 8.65. The predicted octanol–water partition coefficient (Wildman–Crippen LogP) is 2.16. The van der Waals surface area contributed by atoms with Crippen LogP contribution in [0.5, 0.6) is 6.01 Å². The van der Waals surface area contributed by atoms with Gasteiger partial charge >= 0.3 is 6.01 Å². The van der Waals surface area contributed by atoms with Crippen LogP contribution in [-0.2, 0) is 0 Å². The molecule has 0 saturated carbocycles. The lowest BCUT2D eigenvalue weighted by Gasteiger charge is -2.09. The van der Waals surface area contributed by atoms with Crippen molar-refractivity contribution in [1.29, 1.82) is 0 Å². The monoisotopic (exact) mass is 253 g/mol. The van der Waals surface area contributed by atoms with E-state index in [0.717, 1.165) is 18.9 Å². The summed E-state index contributed by atoms with van der Waals surface area (Å²) in [6, 6.07) is 0.350. The van der Waals surface area contributed by atoms with Crippen molar-refractivity contribution < 1.29 is 4.74 Å². The molecular formula is C12H23N5O. The first kappa shape index (κ1) is 14.5. The van der Waals surface area contributed by atoms with Crippen molar-refractivity contribution in [3.8, 4) is 6.01 Å². The van der Waals surface area contributed by atoms with Gasteiger partial charge < -0.3 is 15.4 Å². The van der Waals surface area contributed by atoms with E-state index in [1.165, 1.54) is 6.42 Å². The van der Waals surface area contributed by atoms with Crippen molar-refractivity contribution in [1.82, 2.24) is 15.0 Å². The number of ether oxygens (including phenoxy) is 1. The molecule has 0 atom stereocenters. The van der Waals surface area contributed by atoms with E-state index >= 15 is 0 Å². The molecule has 1 aromatic rings. The lowest BCUT2D eigenvalue weighted by Crippen LogP contribution is -2.10. The lowest BCUT2D eigenvalue weighted by molar-refractivity contribution is 0.312. The van der Waals surface area contributed by atoms with Crippen LogP contribution >= 0.6 is 0 Å². The summed E-state index contributed by atoms with van der Waals surface area (Å²) < 4.78 is 5.29. The van der Waals surface area contributed by atoms with Gasteiger partial charge in [-0.15, -0.1) is 0 Å². The Balaban J connectivity index is 2.55. The van der Waals surface area contributed by atoms with Gasteiger partial charge in [0.05, 0.1) is 6.61 Å². The zero-order chi connectivity index (χ0) is 13.4. The second kappa shape index (κ2) is 7.68. The van der Waals surface area contributed by atoms with Gasteiger partial charge in [0.2, 0.25) is 11.9 Å². The third-order valence-corrected chi connectivity index (χ3v) is 2.35. The summed E-state index contributed by atoms with van der Waals surface area (Å²) in [5.41, 5.74) is 0. The number of nitrogens with zero attached hydrogens (tertiary/aromatic N) is 3. The first-order valence-corrected chi connectivity index (χ1v) is 6.46. The molecule has 1 heterocycles. The van der Waals surface area contributed by atoms with Crippen molar-refractivity contribution in [2.75, 3.05) is 30.8 Å². The summed E-state index contributed by atoms with van der Waals surface area (Å²) in [6.45, 7) is 7.74. The van der Waals surface area contributed by atoms with E-state index in [-0.39, 0.29) is 0 Å². The maximum Gasteiger partial charge on any atom is 0.323 e. The molecule has 1 aromatic heterocycles. The van der Waals surface area contributed by atoms with Crippen LogP contribution in [0.4, 0.5) is 11.9 Å². The molecule has 2 N–H and O–H groups in total. The first-order valence-electron chi connectivity index (χ1n) is 6.46. The van der Waals surface area contributed by atoms with Crippen LogP contribution < -0.4 is 15.4 Å². The standard InChI is InChI=1S/C12H23N5O/c1-5-18-12-16-10(13-4)15-11(17-12)14-8-6-7-9(2)3/h9H,5-8H2,1-4H3,(H2,13,14,15,16,17). The van der Waals surface area contributed by atoms with Crippen molar-refractivity contribution in [3.05, 3.63) is 0 Å². The van der Waals surface area contributed by atoms with Gasteiger partial charge in [-0.25, -0.2) is 0 Å². The van der Waals surface area contributed by atoms with E-state index in [1.807, 2.05) is 6.92 Å². The van der Waals surface area contributed by atoms with Gasteiger partial charge in [0.25, 0.3) is 0 Å². The van der Waals surface area contributed by atoms with E-state index in [4.69, 9.17) is 4.74 Å². The summed E-state index contributed by atoms with van der Waals surface area (Å²) in [4.78, 5) is 12.5. The number of aromatic nitrogens is 3. The zero-order valence-corrected chi connectivity index (χ0v) is 11.7. The fourth-order valence-corrected chi connectivity index (χ4v) is 1.45. The Kier molecular flexibility index (Phi) is 6.18. The SMILES string of the molecule is CCOc1nc(NC)nc(NCCCC(C)C)n1. The smallest absolute Gasteiger partial charge is 0.323 e. The predicted molar refractivity (Wildman–Crippen MR) is 73.1 cm³/mol. The average Bonchev–Trinajstić information content (AvgIpc) is 2.34. The molecule has 6 nitrogen and oxygen atoms in total. The Morgan fingerprint density at radius 3 is 2.50 bits per heavy atom. The summed E-state index contributed by atoms with van der Waals surface area (Å²) in [5.74, 6) is 1.79. The third kappa shape index (κ3) is 5.16. The Bertz CT molecular complexity index is 356. The Labute approximate surface area is 109 Å². The van der Waals surface area contributed by atoms with Crippen molar-refractivity contribution >= 4 is 11.9 Å². The number of hydrogen-bond donors (Lipinski definition) is 2. The van der Waals surface area contributed by atoms with Crippen molar-refractivity contribution in [3.63, 3.8) is 0 Å². The molecular weight excluding hydrogens is 230 g/mol. The maximum atomic E-state index is 5.29. The quantitative estimate of drug-likeness (QED) is 0.692. The normalized spacial score (nSPS) is 10.5. The van der Waals surface area contributed by atoms with Crippen LogP contribution in [0.2, 0.25) is 0 Å². The van der Waals surface area contributed by atoms with Crippen molar-refractivity contribution in [2.45, 2.75) is 33.6 Å². The van der Waals surface area contributed by atoms with Crippen LogP contribution in [0.25, 0.3) is 0 Å². The molecule has 0 saturated heterocycles. The molecule has 0 aliphatic rings. The average molecular weight is 253 g/mol. The summed E-state index contributed by atoms with van der Waals surface area (Å²) in [6.07, 6.45) is 2.29. The van der Waals surface area contributed by atoms with Crippen LogP contribution in [0.15, 0.2) is 0 Å². The van der Waals surface area contributed by atoms with E-state index in [9.17, 15) is 0 Å². The fourth-order valence-electron chi connectivity index (χ4n) is 1.45. The fraction of sp³-hybridized carbons (Fsp3) is 0.750. The van der Waals surface area contributed by atoms with Crippen LogP contribution in [0, 0.1) is 5.92 Å².